The minimum atomic E-state index is -1.96. The van der Waals surface area contributed by atoms with Gasteiger partial charge in [-0.05, 0) is 73.6 Å². The Morgan fingerprint density at radius 2 is 1.81 bits per heavy atom. The van der Waals surface area contributed by atoms with Gasteiger partial charge < -0.3 is 13.9 Å². The molecule has 6 heteroatoms. The third-order valence-electron chi connectivity index (χ3n) is 9.49. The molecule has 0 amide bonds. The van der Waals surface area contributed by atoms with E-state index in [0.29, 0.717) is 24.2 Å². The van der Waals surface area contributed by atoms with Gasteiger partial charge in [-0.25, -0.2) is 0 Å². The summed E-state index contributed by atoms with van der Waals surface area (Å²) in [5.41, 5.74) is 1.31. The maximum absolute atomic E-state index is 13.0. The molecule has 7 atom stereocenters. The average Bonchev–Trinajstić information content (AvgIpc) is 2.78. The van der Waals surface area contributed by atoms with Crippen molar-refractivity contribution in [3.05, 3.63) is 23.8 Å². The summed E-state index contributed by atoms with van der Waals surface area (Å²) in [5.74, 6) is 1.10. The number of ether oxygens (including phenoxy) is 2. The van der Waals surface area contributed by atoms with E-state index in [-0.39, 0.29) is 47.1 Å². The van der Waals surface area contributed by atoms with E-state index in [4.69, 9.17) is 13.9 Å². The van der Waals surface area contributed by atoms with Crippen molar-refractivity contribution in [1.82, 2.24) is 0 Å². The van der Waals surface area contributed by atoms with Crippen molar-refractivity contribution in [3.8, 4) is 0 Å². The predicted molar refractivity (Wildman–Crippen MR) is 152 cm³/mol. The molecule has 0 aromatic carbocycles. The topological polar surface area (TPSA) is 61.8 Å². The molecule has 0 bridgehead atoms. The Morgan fingerprint density at radius 1 is 1.14 bits per heavy atom. The van der Waals surface area contributed by atoms with Crippen LogP contribution in [0.3, 0.4) is 0 Å². The van der Waals surface area contributed by atoms with Gasteiger partial charge >= 0.3 is 11.9 Å². The van der Waals surface area contributed by atoms with Gasteiger partial charge in [0.1, 0.15) is 12.2 Å². The van der Waals surface area contributed by atoms with Gasteiger partial charge in [0.2, 0.25) is 0 Å². The molecule has 0 aromatic rings. The first-order valence-corrected chi connectivity index (χ1v) is 17.6. The van der Waals surface area contributed by atoms with E-state index < -0.39 is 8.32 Å². The largest absolute Gasteiger partial charge is 0.462 e. The number of rotatable bonds is 9. The Hall–Kier alpha value is -1.40. The highest BCUT2D eigenvalue weighted by molar-refractivity contribution is 6.74. The molecule has 3 rings (SSSR count). The van der Waals surface area contributed by atoms with Crippen LogP contribution in [0.15, 0.2) is 23.8 Å². The van der Waals surface area contributed by atoms with E-state index in [2.05, 4.69) is 79.8 Å². The van der Waals surface area contributed by atoms with Gasteiger partial charge in [-0.1, -0.05) is 66.7 Å². The quantitative estimate of drug-likeness (QED) is 0.226. The fourth-order valence-corrected chi connectivity index (χ4v) is 7.54. The SMILES string of the molecule is CCC(CC)C(=O)OC1CC(C)C=C2C=CC(C)C(CCC3CC(O[Si](C)(C)C(C)(C)C)CC(=O)O3)C21. The Balaban J connectivity index is 1.72. The zero-order valence-corrected chi connectivity index (χ0v) is 25.8. The van der Waals surface area contributed by atoms with Gasteiger partial charge in [0.25, 0.3) is 0 Å². The second-order valence-electron chi connectivity index (χ2n) is 13.4. The molecule has 0 aromatic heterocycles. The Labute approximate surface area is 226 Å². The van der Waals surface area contributed by atoms with E-state index in [1.165, 1.54) is 5.57 Å². The van der Waals surface area contributed by atoms with Crippen molar-refractivity contribution in [2.75, 3.05) is 0 Å². The van der Waals surface area contributed by atoms with Crippen LogP contribution in [0.5, 0.6) is 0 Å². The van der Waals surface area contributed by atoms with Gasteiger partial charge in [0.15, 0.2) is 8.32 Å². The number of hydrogen-bond donors (Lipinski definition) is 0. The van der Waals surface area contributed by atoms with Crippen molar-refractivity contribution in [2.45, 2.75) is 130 Å². The fourth-order valence-electron chi connectivity index (χ4n) is 6.17. The molecule has 0 radical (unpaired) electrons. The number of fused-ring (bicyclic) bond motifs is 1. The van der Waals surface area contributed by atoms with Crippen LogP contribution in [-0.2, 0) is 23.5 Å². The van der Waals surface area contributed by atoms with Crippen LogP contribution in [0.2, 0.25) is 18.1 Å². The van der Waals surface area contributed by atoms with Crippen molar-refractivity contribution in [2.24, 2.45) is 29.6 Å². The number of esters is 2. The van der Waals surface area contributed by atoms with E-state index in [0.717, 1.165) is 38.5 Å². The highest BCUT2D eigenvalue weighted by Crippen LogP contribution is 2.46. The number of allylic oxidation sites excluding steroid dienone is 3. The first-order valence-electron chi connectivity index (χ1n) is 14.7. The van der Waals surface area contributed by atoms with Crippen LogP contribution in [0.25, 0.3) is 0 Å². The molecular formula is C31H52O5Si. The Bertz CT molecular complexity index is 865. The van der Waals surface area contributed by atoms with Crippen LogP contribution in [0, 0.1) is 29.6 Å². The van der Waals surface area contributed by atoms with Crippen molar-refractivity contribution < 1.29 is 23.5 Å². The molecule has 0 saturated carbocycles. The minimum Gasteiger partial charge on any atom is -0.462 e. The standard InChI is InChI=1S/C31H52O5Si/c1-10-22(11-2)30(33)35-27-17-20(3)16-23-13-12-21(4)26(29(23)27)15-14-24-18-25(19-28(32)34-24)36-37(8,9)31(5,6)7/h12-13,16,20-22,24-27,29H,10-11,14-15,17-19H2,1-9H3. The van der Waals surface area contributed by atoms with Gasteiger partial charge in [-0.3, -0.25) is 9.59 Å². The molecule has 1 heterocycles. The molecule has 3 aliphatic rings. The van der Waals surface area contributed by atoms with Crippen molar-refractivity contribution >= 4 is 20.3 Å². The highest BCUT2D eigenvalue weighted by Gasteiger charge is 2.44. The average molecular weight is 533 g/mol. The van der Waals surface area contributed by atoms with Gasteiger partial charge in [-0.15, -0.1) is 0 Å². The predicted octanol–water partition coefficient (Wildman–Crippen LogP) is 7.62. The summed E-state index contributed by atoms with van der Waals surface area (Å²) >= 11 is 0. The summed E-state index contributed by atoms with van der Waals surface area (Å²) in [5, 5.41) is 0.107. The lowest BCUT2D eigenvalue weighted by molar-refractivity contribution is -0.162. The lowest BCUT2D eigenvalue weighted by Crippen LogP contribution is -2.47. The lowest BCUT2D eigenvalue weighted by atomic mass is 9.65. The van der Waals surface area contributed by atoms with E-state index in [1.807, 2.05) is 0 Å². The molecule has 7 unspecified atom stereocenters. The van der Waals surface area contributed by atoms with Crippen LogP contribution >= 0.6 is 0 Å². The number of carbonyl (C=O) groups excluding carboxylic acids is 2. The van der Waals surface area contributed by atoms with Crippen LogP contribution in [0.4, 0.5) is 0 Å². The zero-order chi connectivity index (χ0) is 27.5. The maximum Gasteiger partial charge on any atom is 0.309 e. The first kappa shape index (κ1) is 30.1. The summed E-state index contributed by atoms with van der Waals surface area (Å²) < 4.78 is 18.7. The summed E-state index contributed by atoms with van der Waals surface area (Å²) in [6.07, 6.45) is 12.0. The molecule has 1 aliphatic heterocycles. The van der Waals surface area contributed by atoms with Gasteiger partial charge in [0.05, 0.1) is 18.4 Å². The molecule has 0 spiro atoms. The van der Waals surface area contributed by atoms with Crippen LogP contribution in [0.1, 0.15) is 93.4 Å². The Kier molecular flexibility index (Phi) is 9.93. The smallest absolute Gasteiger partial charge is 0.309 e. The number of hydrogen-bond acceptors (Lipinski definition) is 5. The Morgan fingerprint density at radius 3 is 2.43 bits per heavy atom. The summed E-state index contributed by atoms with van der Waals surface area (Å²) in [7, 11) is -1.96. The van der Waals surface area contributed by atoms with Gasteiger partial charge in [0, 0.05) is 12.3 Å². The van der Waals surface area contributed by atoms with E-state index in [9.17, 15) is 9.59 Å². The summed E-state index contributed by atoms with van der Waals surface area (Å²) in [6, 6.07) is 0. The molecule has 37 heavy (non-hydrogen) atoms. The number of cyclic esters (lactones) is 1. The molecule has 5 nitrogen and oxygen atoms in total. The van der Waals surface area contributed by atoms with Crippen LogP contribution in [-0.4, -0.2) is 38.6 Å². The third-order valence-corrected chi connectivity index (χ3v) is 14.0. The lowest BCUT2D eigenvalue weighted by Gasteiger charge is -2.44. The second kappa shape index (κ2) is 12.2. The van der Waals surface area contributed by atoms with Gasteiger partial charge in [-0.2, -0.15) is 0 Å². The zero-order valence-electron chi connectivity index (χ0n) is 24.8. The highest BCUT2D eigenvalue weighted by atomic mass is 28.4. The van der Waals surface area contributed by atoms with Crippen LogP contribution < -0.4 is 0 Å². The first-order chi connectivity index (χ1) is 17.3. The number of carbonyl (C=O) groups is 2. The summed E-state index contributed by atoms with van der Waals surface area (Å²) in [6.45, 7) is 19.8. The van der Waals surface area contributed by atoms with E-state index >= 15 is 0 Å². The van der Waals surface area contributed by atoms with Crippen molar-refractivity contribution in [3.63, 3.8) is 0 Å². The molecule has 2 aliphatic carbocycles. The molecular weight excluding hydrogens is 480 g/mol. The molecule has 210 valence electrons. The molecule has 1 fully saturated rings. The fraction of sp³-hybridized carbons (Fsp3) is 0.806. The third kappa shape index (κ3) is 7.38. The minimum absolute atomic E-state index is 0.0286. The van der Waals surface area contributed by atoms with E-state index in [1.54, 1.807) is 0 Å². The van der Waals surface area contributed by atoms with Crippen molar-refractivity contribution in [1.29, 1.82) is 0 Å². The summed E-state index contributed by atoms with van der Waals surface area (Å²) in [4.78, 5) is 25.5. The molecule has 1 saturated heterocycles. The monoisotopic (exact) mass is 532 g/mol. The maximum atomic E-state index is 13.0. The molecule has 0 N–H and O–H groups in total. The second-order valence-corrected chi connectivity index (χ2v) is 18.2. The normalized spacial score (nSPS) is 32.5.